The van der Waals surface area contributed by atoms with Gasteiger partial charge in [-0.2, -0.15) is 0 Å². The summed E-state index contributed by atoms with van der Waals surface area (Å²) >= 11 is 3.65. The molecule has 16 nitrogen and oxygen atoms in total. The van der Waals surface area contributed by atoms with Gasteiger partial charge in [0.2, 0.25) is 11.1 Å². The first kappa shape index (κ1) is 27.6. The number of β-lactam (4-membered cyclic amide) rings is 1. The fourth-order valence-electron chi connectivity index (χ4n) is 4.14. The van der Waals surface area contributed by atoms with Crippen LogP contribution in [0.5, 0.6) is 0 Å². The Morgan fingerprint density at radius 1 is 1.30 bits per heavy atom. The molecule has 40 heavy (non-hydrogen) atoms. The van der Waals surface area contributed by atoms with Crippen LogP contribution in [0, 0.1) is 0 Å². The van der Waals surface area contributed by atoms with Gasteiger partial charge in [-0.15, -0.1) is 28.2 Å². The summed E-state index contributed by atoms with van der Waals surface area (Å²) in [5.74, 6) is -4.53. The number of aliphatic carboxylic acids is 1. The molecule has 5 rings (SSSR count). The van der Waals surface area contributed by atoms with Gasteiger partial charge in [-0.1, -0.05) is 17.8 Å². The number of cyclic esters (lactones) is 1. The maximum absolute atomic E-state index is 13.3. The van der Waals surface area contributed by atoms with Crippen LogP contribution in [-0.2, 0) is 35.8 Å². The van der Waals surface area contributed by atoms with Crippen molar-refractivity contribution in [2.75, 3.05) is 24.7 Å². The first-order valence-electron chi connectivity index (χ1n) is 11.6. The van der Waals surface area contributed by atoms with Crippen LogP contribution in [0.3, 0.4) is 0 Å². The monoisotopic (exact) mass is 608 g/mol. The molecule has 2 saturated heterocycles. The van der Waals surface area contributed by atoms with Crippen molar-refractivity contribution in [1.82, 2.24) is 40.6 Å². The van der Waals surface area contributed by atoms with E-state index in [1.165, 1.54) is 28.2 Å². The lowest BCUT2D eigenvalue weighted by Crippen LogP contribution is -2.71. The molecular weight excluding hydrogens is 588 g/mol. The van der Waals surface area contributed by atoms with Crippen molar-refractivity contribution < 1.29 is 38.6 Å². The van der Waals surface area contributed by atoms with E-state index in [1.807, 2.05) is 0 Å². The van der Waals surface area contributed by atoms with Crippen LogP contribution in [0.4, 0.5) is 4.79 Å². The molecule has 5 heterocycles. The van der Waals surface area contributed by atoms with Crippen LogP contribution in [-0.4, -0.2) is 107 Å². The van der Waals surface area contributed by atoms with Crippen molar-refractivity contribution in [3.63, 3.8) is 0 Å². The zero-order chi connectivity index (χ0) is 28.6. The van der Waals surface area contributed by atoms with E-state index < -0.39 is 53.1 Å². The average molecular weight is 609 g/mol. The number of nitrogens with zero attached hydrogens (tertiary/aromatic N) is 6. The number of fused-ring (bicyclic) bond motifs is 1. The van der Waals surface area contributed by atoms with E-state index in [9.17, 15) is 33.9 Å². The van der Waals surface area contributed by atoms with Gasteiger partial charge in [0, 0.05) is 23.4 Å². The molecule has 3 aliphatic rings. The molecule has 0 spiro atoms. The quantitative estimate of drug-likeness (QED) is 0.186. The Labute approximate surface area is 237 Å². The minimum Gasteiger partial charge on any atom is -0.477 e. The van der Waals surface area contributed by atoms with Gasteiger partial charge in [0.15, 0.2) is 0 Å². The third-order valence-electron chi connectivity index (χ3n) is 6.07. The van der Waals surface area contributed by atoms with Gasteiger partial charge in [-0.3, -0.25) is 24.1 Å². The number of carbonyl (C=O) groups is 6. The fraction of sp³-hybridized carbons (Fsp3) is 0.381. The predicted octanol–water partition coefficient (Wildman–Crippen LogP) is -1.06. The van der Waals surface area contributed by atoms with Crippen LogP contribution in [0.25, 0.3) is 0 Å². The summed E-state index contributed by atoms with van der Waals surface area (Å²) in [6.07, 6.45) is -0.958. The Hall–Kier alpha value is -3.97. The summed E-state index contributed by atoms with van der Waals surface area (Å²) in [6.45, 7) is -0.141. The smallest absolute Gasteiger partial charge is 0.417 e. The van der Waals surface area contributed by atoms with Crippen LogP contribution < -0.4 is 10.6 Å². The number of imide groups is 1. The predicted molar refractivity (Wildman–Crippen MR) is 137 cm³/mol. The number of carboxylic acids is 1. The Bertz CT molecular complexity index is 1430. The molecule has 2 unspecified atom stereocenters. The average Bonchev–Trinajstić information content (AvgIpc) is 3.70. The number of carboxylic acid groups (broad SMARTS) is 1. The van der Waals surface area contributed by atoms with Crippen molar-refractivity contribution in [2.45, 2.75) is 22.6 Å². The lowest BCUT2D eigenvalue weighted by Gasteiger charge is -2.49. The van der Waals surface area contributed by atoms with E-state index in [0.717, 1.165) is 16.2 Å². The number of tetrazole rings is 1. The molecule has 2 aromatic heterocycles. The van der Waals surface area contributed by atoms with Crippen molar-refractivity contribution >= 4 is 70.6 Å². The van der Waals surface area contributed by atoms with E-state index in [0.29, 0.717) is 20.5 Å². The SMILES string of the molecule is Cn1nnnc1SCC1=C(C(=O)O)N2C(=O)[C@H](NC(=O)C(NC(=O)C(=O)N3CCOC3=O)c3cccs3)C2SC1. The summed E-state index contributed by atoms with van der Waals surface area (Å²) in [5, 5.41) is 27.4. The van der Waals surface area contributed by atoms with E-state index in [1.54, 1.807) is 24.6 Å². The lowest BCUT2D eigenvalue weighted by atomic mass is 10.0. The van der Waals surface area contributed by atoms with Gasteiger partial charge in [0.1, 0.15) is 29.8 Å². The van der Waals surface area contributed by atoms with Crippen LogP contribution >= 0.6 is 34.9 Å². The topological polar surface area (TPSA) is 206 Å². The molecule has 2 aromatic rings. The molecular formula is C21H20N8O8S3. The molecule has 0 bridgehead atoms. The van der Waals surface area contributed by atoms with Gasteiger partial charge < -0.3 is 20.5 Å². The minimum absolute atomic E-state index is 0.0450. The minimum atomic E-state index is -1.34. The molecule has 19 heteroatoms. The Morgan fingerprint density at radius 2 is 2.10 bits per heavy atom. The zero-order valence-corrected chi connectivity index (χ0v) is 23.0. The molecule has 210 valence electrons. The normalized spacial score (nSPS) is 20.9. The molecule has 0 aromatic carbocycles. The number of thioether (sulfide) groups is 2. The number of amides is 5. The van der Waals surface area contributed by atoms with Crippen molar-refractivity contribution in [3.05, 3.63) is 33.7 Å². The highest BCUT2D eigenvalue weighted by atomic mass is 32.2. The van der Waals surface area contributed by atoms with Gasteiger partial charge in [0.05, 0.1) is 6.54 Å². The van der Waals surface area contributed by atoms with E-state index >= 15 is 0 Å². The number of thiophene rings is 1. The Morgan fingerprint density at radius 3 is 2.73 bits per heavy atom. The van der Waals surface area contributed by atoms with E-state index in [4.69, 9.17) is 0 Å². The van der Waals surface area contributed by atoms with Crippen LogP contribution in [0.1, 0.15) is 10.9 Å². The van der Waals surface area contributed by atoms with Crippen molar-refractivity contribution in [3.8, 4) is 0 Å². The second kappa shape index (κ2) is 11.3. The number of carbonyl (C=O) groups excluding carboxylic acids is 5. The number of aromatic nitrogens is 4. The van der Waals surface area contributed by atoms with Gasteiger partial charge in [-0.05, 0) is 27.4 Å². The highest BCUT2D eigenvalue weighted by Crippen LogP contribution is 2.41. The Balaban J connectivity index is 1.28. The highest BCUT2D eigenvalue weighted by molar-refractivity contribution is 8.01. The summed E-state index contributed by atoms with van der Waals surface area (Å²) in [4.78, 5) is 77.4. The standard InChI is InChI=1S/C21H20N8O8S3/c1-27-20(24-25-26-27)40-8-9-7-39-18-12(16(32)29(18)13(9)19(34)35)23-14(30)11(10-3-2-6-38-10)22-15(31)17(33)28-4-5-37-21(28)36/h2-3,6,11-12,18H,4-5,7-8H2,1H3,(H,22,31)(H,23,30)(H,34,35)/t11?,12-,18?/m0/s1. The Kier molecular flexibility index (Phi) is 7.76. The molecule has 5 amide bonds. The number of ether oxygens (including phenoxy) is 1. The number of rotatable bonds is 8. The number of hydrogen-bond acceptors (Lipinski definition) is 13. The molecule has 0 saturated carbocycles. The maximum Gasteiger partial charge on any atom is 0.417 e. The van der Waals surface area contributed by atoms with Gasteiger partial charge >= 0.3 is 23.9 Å². The fourth-order valence-corrected chi connectivity index (χ4v) is 7.25. The lowest BCUT2D eigenvalue weighted by molar-refractivity contribution is -0.151. The second-order valence-corrected chi connectivity index (χ2v) is 11.5. The largest absolute Gasteiger partial charge is 0.477 e. The first-order valence-corrected chi connectivity index (χ1v) is 14.5. The molecule has 2 fully saturated rings. The zero-order valence-electron chi connectivity index (χ0n) is 20.5. The van der Waals surface area contributed by atoms with Gasteiger partial charge in [-0.25, -0.2) is 19.2 Å². The van der Waals surface area contributed by atoms with Crippen molar-refractivity contribution in [1.29, 1.82) is 0 Å². The number of aryl methyl sites for hydroxylation is 1. The van der Waals surface area contributed by atoms with Crippen LogP contribution in [0.15, 0.2) is 33.9 Å². The second-order valence-electron chi connectivity index (χ2n) is 8.52. The molecule has 3 N–H and O–H groups in total. The molecule has 3 atom stereocenters. The summed E-state index contributed by atoms with van der Waals surface area (Å²) in [5.41, 5.74) is 0.343. The van der Waals surface area contributed by atoms with Crippen molar-refractivity contribution in [2.24, 2.45) is 7.05 Å². The van der Waals surface area contributed by atoms with Gasteiger partial charge in [0.25, 0.3) is 5.91 Å². The number of hydrogen-bond donors (Lipinski definition) is 3. The highest BCUT2D eigenvalue weighted by Gasteiger charge is 2.54. The molecule has 0 radical (unpaired) electrons. The molecule has 3 aliphatic heterocycles. The van der Waals surface area contributed by atoms with Crippen LogP contribution in [0.2, 0.25) is 0 Å². The third-order valence-corrected chi connectivity index (χ3v) is 9.44. The maximum atomic E-state index is 13.3. The van der Waals surface area contributed by atoms with E-state index in [-0.39, 0.29) is 30.4 Å². The summed E-state index contributed by atoms with van der Waals surface area (Å²) in [7, 11) is 1.65. The number of nitrogens with one attached hydrogen (secondary N) is 2. The van der Waals surface area contributed by atoms with E-state index in [2.05, 4.69) is 30.9 Å². The first-order chi connectivity index (χ1) is 19.2. The summed E-state index contributed by atoms with van der Waals surface area (Å²) < 4.78 is 6.12. The summed E-state index contributed by atoms with van der Waals surface area (Å²) in [6, 6.07) is 0.801. The molecule has 0 aliphatic carbocycles. The third kappa shape index (κ3) is 5.13.